The van der Waals surface area contributed by atoms with Crippen molar-refractivity contribution in [2.24, 2.45) is 11.7 Å². The van der Waals surface area contributed by atoms with E-state index in [0.717, 1.165) is 0 Å². The number of carbonyl (C=O) groups excluding carboxylic acids is 2. The van der Waals surface area contributed by atoms with E-state index >= 15 is 0 Å². The number of amides is 3. The molecule has 0 aliphatic heterocycles. The summed E-state index contributed by atoms with van der Waals surface area (Å²) >= 11 is 0. The number of nitrogens with one attached hydrogen (secondary N) is 1. The topological polar surface area (TPSA) is 126 Å². The van der Waals surface area contributed by atoms with Crippen LogP contribution in [0.15, 0.2) is 18.5 Å². The number of carboxylic acids is 1. The number of aromatic carboxylic acids is 1. The minimum Gasteiger partial charge on any atom is -0.478 e. The summed E-state index contributed by atoms with van der Waals surface area (Å²) < 4.78 is 0. The molecule has 4 N–H and O–H groups in total. The van der Waals surface area contributed by atoms with Crippen molar-refractivity contribution in [3.8, 4) is 0 Å². The van der Waals surface area contributed by atoms with Gasteiger partial charge in [-0.1, -0.05) is 13.8 Å². The molecule has 0 radical (unpaired) electrons. The van der Waals surface area contributed by atoms with Crippen molar-refractivity contribution in [2.75, 3.05) is 18.4 Å². The molecule has 1 heterocycles. The van der Waals surface area contributed by atoms with E-state index in [1.807, 2.05) is 13.8 Å². The van der Waals surface area contributed by atoms with Gasteiger partial charge in [0, 0.05) is 12.7 Å². The lowest BCUT2D eigenvalue weighted by molar-refractivity contribution is -0.118. The summed E-state index contributed by atoms with van der Waals surface area (Å²) in [4.78, 5) is 38.9. The van der Waals surface area contributed by atoms with Gasteiger partial charge in [-0.15, -0.1) is 0 Å². The van der Waals surface area contributed by atoms with Crippen LogP contribution in [0.4, 0.5) is 10.5 Å². The van der Waals surface area contributed by atoms with Gasteiger partial charge in [-0.3, -0.25) is 9.78 Å². The van der Waals surface area contributed by atoms with Crippen LogP contribution in [-0.2, 0) is 4.79 Å². The molecule has 1 rings (SSSR count). The van der Waals surface area contributed by atoms with Gasteiger partial charge >= 0.3 is 12.0 Å². The van der Waals surface area contributed by atoms with Gasteiger partial charge in [-0.25, -0.2) is 9.59 Å². The Balaban J connectivity index is 2.82. The monoisotopic (exact) mass is 294 g/mol. The molecule has 0 atom stereocenters. The molecule has 8 heteroatoms. The Kier molecular flexibility index (Phi) is 5.65. The van der Waals surface area contributed by atoms with E-state index in [4.69, 9.17) is 10.8 Å². The number of hydrogen-bond acceptors (Lipinski definition) is 4. The highest BCUT2D eigenvalue weighted by atomic mass is 16.4. The van der Waals surface area contributed by atoms with Gasteiger partial charge in [-0.2, -0.15) is 0 Å². The fourth-order valence-corrected chi connectivity index (χ4v) is 1.68. The summed E-state index contributed by atoms with van der Waals surface area (Å²) in [5.74, 6) is -1.61. The average Bonchev–Trinajstić information content (AvgIpc) is 2.37. The van der Waals surface area contributed by atoms with Gasteiger partial charge in [0.15, 0.2) is 0 Å². The lowest BCUT2D eigenvalue weighted by Crippen LogP contribution is -2.42. The van der Waals surface area contributed by atoms with Crippen molar-refractivity contribution in [3.63, 3.8) is 0 Å². The number of carboxylic acid groups (broad SMARTS) is 1. The zero-order valence-electron chi connectivity index (χ0n) is 11.9. The highest BCUT2D eigenvalue weighted by Crippen LogP contribution is 2.10. The third kappa shape index (κ3) is 5.47. The van der Waals surface area contributed by atoms with Crippen LogP contribution in [0, 0.1) is 5.92 Å². The van der Waals surface area contributed by atoms with E-state index in [0.29, 0.717) is 6.54 Å². The minimum absolute atomic E-state index is 0.0434. The van der Waals surface area contributed by atoms with E-state index in [-0.39, 0.29) is 23.7 Å². The molecule has 0 unspecified atom stereocenters. The number of hydrogen-bond donors (Lipinski definition) is 3. The van der Waals surface area contributed by atoms with E-state index < -0.39 is 17.9 Å². The molecule has 21 heavy (non-hydrogen) atoms. The summed E-state index contributed by atoms with van der Waals surface area (Å²) in [7, 11) is 0. The van der Waals surface area contributed by atoms with Gasteiger partial charge in [0.1, 0.15) is 6.54 Å². The maximum absolute atomic E-state index is 12.1. The Bertz CT molecular complexity index is 545. The van der Waals surface area contributed by atoms with Crippen LogP contribution in [0.1, 0.15) is 24.2 Å². The molecule has 0 aromatic carbocycles. The zero-order chi connectivity index (χ0) is 16.0. The SMILES string of the molecule is CC(C)CN(CC(N)=O)C(=O)Nc1cncc(C(=O)O)c1. The number of anilines is 1. The Morgan fingerprint density at radius 1 is 1.38 bits per heavy atom. The van der Waals surface area contributed by atoms with E-state index in [1.54, 1.807) is 0 Å². The van der Waals surface area contributed by atoms with Crippen molar-refractivity contribution < 1.29 is 19.5 Å². The fraction of sp³-hybridized carbons (Fsp3) is 0.385. The van der Waals surface area contributed by atoms with Crippen LogP contribution >= 0.6 is 0 Å². The Labute approximate surface area is 121 Å². The normalized spacial score (nSPS) is 10.2. The first-order valence-electron chi connectivity index (χ1n) is 6.32. The predicted octanol–water partition coefficient (Wildman–Crippen LogP) is 0.755. The molecule has 114 valence electrons. The standard InChI is InChI=1S/C13H18N4O4/c1-8(2)6-17(7-11(14)18)13(21)16-10-3-9(12(19)20)4-15-5-10/h3-5,8H,6-7H2,1-2H3,(H2,14,18)(H,16,21)(H,19,20). The molecule has 0 aliphatic carbocycles. The molecule has 1 aromatic heterocycles. The highest BCUT2D eigenvalue weighted by Gasteiger charge is 2.17. The second kappa shape index (κ2) is 7.22. The number of nitrogens with zero attached hydrogens (tertiary/aromatic N) is 2. The molecule has 0 saturated heterocycles. The Morgan fingerprint density at radius 3 is 2.57 bits per heavy atom. The molecule has 3 amide bonds. The predicted molar refractivity (Wildman–Crippen MR) is 75.8 cm³/mol. The van der Waals surface area contributed by atoms with Gasteiger partial charge < -0.3 is 21.1 Å². The highest BCUT2D eigenvalue weighted by molar-refractivity contribution is 5.94. The number of urea groups is 1. The van der Waals surface area contributed by atoms with Crippen molar-refractivity contribution in [1.29, 1.82) is 0 Å². The number of primary amides is 1. The third-order valence-electron chi connectivity index (χ3n) is 2.46. The van der Waals surface area contributed by atoms with Gasteiger partial charge in [-0.05, 0) is 12.0 Å². The van der Waals surface area contributed by atoms with Crippen molar-refractivity contribution in [3.05, 3.63) is 24.0 Å². The summed E-state index contributed by atoms with van der Waals surface area (Å²) in [5, 5.41) is 11.4. The van der Waals surface area contributed by atoms with Crippen LogP contribution < -0.4 is 11.1 Å². The van der Waals surface area contributed by atoms with Crippen LogP contribution in [-0.4, -0.2) is 46.0 Å². The Hall–Kier alpha value is -2.64. The quantitative estimate of drug-likeness (QED) is 0.714. The van der Waals surface area contributed by atoms with Crippen LogP contribution in [0.25, 0.3) is 0 Å². The number of pyridine rings is 1. The molecule has 0 fully saturated rings. The molecule has 0 spiro atoms. The zero-order valence-corrected chi connectivity index (χ0v) is 11.9. The number of carbonyl (C=O) groups is 3. The first kappa shape index (κ1) is 16.4. The number of rotatable bonds is 6. The second-order valence-corrected chi connectivity index (χ2v) is 4.94. The first-order chi connectivity index (χ1) is 9.79. The van der Waals surface area contributed by atoms with Crippen molar-refractivity contribution in [2.45, 2.75) is 13.8 Å². The van der Waals surface area contributed by atoms with Crippen molar-refractivity contribution >= 4 is 23.6 Å². The maximum atomic E-state index is 12.1. The largest absolute Gasteiger partial charge is 0.478 e. The molecule has 1 aromatic rings. The van der Waals surface area contributed by atoms with Gasteiger partial charge in [0.25, 0.3) is 0 Å². The second-order valence-electron chi connectivity index (χ2n) is 4.94. The average molecular weight is 294 g/mol. The number of nitrogens with two attached hydrogens (primary N) is 1. The molecular formula is C13H18N4O4. The summed E-state index contributed by atoms with van der Waals surface area (Å²) in [6, 6.07) is 0.747. The molecule has 8 nitrogen and oxygen atoms in total. The lowest BCUT2D eigenvalue weighted by Gasteiger charge is -2.23. The van der Waals surface area contributed by atoms with Crippen molar-refractivity contribution in [1.82, 2.24) is 9.88 Å². The third-order valence-corrected chi connectivity index (χ3v) is 2.46. The summed E-state index contributed by atoms with van der Waals surface area (Å²) in [5.41, 5.74) is 5.30. The van der Waals surface area contributed by atoms with E-state index in [1.165, 1.54) is 23.4 Å². The smallest absolute Gasteiger partial charge is 0.337 e. The van der Waals surface area contributed by atoms with Crippen LogP contribution in [0.3, 0.4) is 0 Å². The molecule has 0 bridgehead atoms. The first-order valence-corrected chi connectivity index (χ1v) is 6.32. The molecule has 0 aliphatic rings. The van der Waals surface area contributed by atoms with Crippen LogP contribution in [0.5, 0.6) is 0 Å². The van der Waals surface area contributed by atoms with E-state index in [2.05, 4.69) is 10.3 Å². The fourth-order valence-electron chi connectivity index (χ4n) is 1.68. The van der Waals surface area contributed by atoms with Gasteiger partial charge in [0.05, 0.1) is 17.4 Å². The minimum atomic E-state index is -1.14. The lowest BCUT2D eigenvalue weighted by atomic mass is 10.2. The van der Waals surface area contributed by atoms with E-state index in [9.17, 15) is 14.4 Å². The molecule has 0 saturated carbocycles. The Morgan fingerprint density at radius 2 is 2.05 bits per heavy atom. The summed E-state index contributed by atoms with van der Waals surface area (Å²) in [6.07, 6.45) is 2.50. The van der Waals surface area contributed by atoms with Crippen LogP contribution in [0.2, 0.25) is 0 Å². The summed E-state index contributed by atoms with van der Waals surface area (Å²) in [6.45, 7) is 3.93. The molecular weight excluding hydrogens is 276 g/mol. The maximum Gasteiger partial charge on any atom is 0.337 e. The number of aromatic nitrogens is 1. The van der Waals surface area contributed by atoms with Gasteiger partial charge in [0.2, 0.25) is 5.91 Å².